The number of thioether (sulfide) groups is 1. The van der Waals surface area contributed by atoms with E-state index in [1.165, 1.54) is 0 Å². The van der Waals surface area contributed by atoms with Gasteiger partial charge in [-0.25, -0.2) is 0 Å². The summed E-state index contributed by atoms with van der Waals surface area (Å²) in [6.45, 7) is 0. The van der Waals surface area contributed by atoms with Crippen molar-refractivity contribution in [1.29, 1.82) is 0 Å². The topological polar surface area (TPSA) is 31.2 Å². The number of nitrogens with zero attached hydrogens (tertiary/aromatic N) is 1. The molecular formula is C19H15NOPS. The molecule has 3 aromatic rings. The molecule has 0 saturated carbocycles. The molecule has 0 saturated heterocycles. The molecule has 0 spiro atoms. The number of hydrogen-bond acceptors (Lipinski definition) is 2. The fourth-order valence-electron chi connectivity index (χ4n) is 2.78. The molecule has 1 radical (unpaired) electrons. The molecule has 2 nitrogen and oxygen atoms in total. The van der Waals surface area contributed by atoms with Gasteiger partial charge in [-0.3, -0.25) is 5.32 Å². The normalized spacial score (nSPS) is 16.6. The van der Waals surface area contributed by atoms with E-state index in [1.807, 2.05) is 84.9 Å². The van der Waals surface area contributed by atoms with Crippen molar-refractivity contribution in [3.8, 4) is 0 Å². The van der Waals surface area contributed by atoms with Crippen LogP contribution < -0.4 is 15.9 Å². The van der Waals surface area contributed by atoms with Crippen LogP contribution >= 0.6 is 18.9 Å². The highest BCUT2D eigenvalue weighted by Crippen LogP contribution is 2.58. The maximum absolute atomic E-state index is 14.2. The van der Waals surface area contributed by atoms with Gasteiger partial charge in [0.2, 0.25) is 0 Å². The predicted octanol–water partition coefficient (Wildman–Crippen LogP) is 4.33. The maximum Gasteiger partial charge on any atom is 0.176 e. The van der Waals surface area contributed by atoms with Gasteiger partial charge >= 0.3 is 0 Å². The van der Waals surface area contributed by atoms with Gasteiger partial charge in [0.25, 0.3) is 0 Å². The van der Waals surface area contributed by atoms with E-state index in [0.29, 0.717) is 0 Å². The number of rotatable bonds is 3. The molecule has 0 N–H and O–H groups in total. The first-order valence-corrected chi connectivity index (χ1v) is 10.1. The van der Waals surface area contributed by atoms with Gasteiger partial charge in [0.1, 0.15) is 0 Å². The van der Waals surface area contributed by atoms with Crippen molar-refractivity contribution < 1.29 is 4.57 Å². The van der Waals surface area contributed by atoms with Crippen LogP contribution in [0.15, 0.2) is 89.8 Å². The lowest BCUT2D eigenvalue weighted by Crippen LogP contribution is -2.26. The molecule has 4 heteroatoms. The van der Waals surface area contributed by atoms with Gasteiger partial charge in [0.05, 0.1) is 5.69 Å². The highest BCUT2D eigenvalue weighted by atomic mass is 32.2. The van der Waals surface area contributed by atoms with Crippen molar-refractivity contribution in [2.45, 2.75) is 10.0 Å². The fraction of sp³-hybridized carbons (Fsp3) is 0.0526. The smallest absolute Gasteiger partial charge is 0.176 e. The molecule has 1 heterocycles. The minimum Gasteiger partial charge on any atom is -0.310 e. The average molecular weight is 336 g/mol. The minimum atomic E-state index is -2.86. The van der Waals surface area contributed by atoms with Gasteiger partial charge in [-0.15, -0.1) is 0 Å². The Hall–Kier alpha value is -1.96. The standard InChI is InChI=1S/C19H15NOPS/c21-22(15-9-3-1-4-10-15,16-11-5-2-6-12-16)19-20-17-13-7-8-14-18(17)23-19/h1-14,19H. The van der Waals surface area contributed by atoms with Crippen LogP contribution in [-0.4, -0.2) is 5.11 Å². The summed E-state index contributed by atoms with van der Waals surface area (Å²) in [4.78, 5) is 1.10. The van der Waals surface area contributed by atoms with Crippen molar-refractivity contribution in [3.05, 3.63) is 84.9 Å². The van der Waals surface area contributed by atoms with Gasteiger partial charge < -0.3 is 4.57 Å². The van der Waals surface area contributed by atoms with Gasteiger partial charge in [0, 0.05) is 15.5 Å². The number of hydrogen-bond donors (Lipinski definition) is 0. The SMILES string of the molecule is O=P(c1ccccc1)(c1ccccc1)C1[N]c2ccccc2S1. The molecule has 1 unspecified atom stereocenters. The Balaban J connectivity index is 1.84. The zero-order chi connectivity index (χ0) is 15.7. The summed E-state index contributed by atoms with van der Waals surface area (Å²) >= 11 is 1.60. The zero-order valence-corrected chi connectivity index (χ0v) is 14.1. The summed E-state index contributed by atoms with van der Waals surface area (Å²) in [7, 11) is -2.86. The van der Waals surface area contributed by atoms with Crippen molar-refractivity contribution in [1.82, 2.24) is 5.32 Å². The van der Waals surface area contributed by atoms with Crippen molar-refractivity contribution >= 4 is 35.2 Å². The summed E-state index contributed by atoms with van der Waals surface area (Å²) in [6.07, 6.45) is 0. The van der Waals surface area contributed by atoms with E-state index in [-0.39, 0.29) is 5.11 Å². The predicted molar refractivity (Wildman–Crippen MR) is 97.6 cm³/mol. The second-order valence-electron chi connectivity index (χ2n) is 5.37. The third-order valence-corrected chi connectivity index (χ3v) is 8.93. The van der Waals surface area contributed by atoms with Gasteiger partial charge in [-0.05, 0) is 12.1 Å². The van der Waals surface area contributed by atoms with Gasteiger partial charge in [0.15, 0.2) is 12.3 Å². The lowest BCUT2D eigenvalue weighted by molar-refractivity contribution is 0.583. The van der Waals surface area contributed by atoms with E-state index in [0.717, 1.165) is 21.2 Å². The average Bonchev–Trinajstić information content (AvgIpc) is 3.07. The second-order valence-corrected chi connectivity index (χ2v) is 9.68. The monoisotopic (exact) mass is 336 g/mol. The molecule has 0 fully saturated rings. The van der Waals surface area contributed by atoms with E-state index >= 15 is 0 Å². The molecule has 0 amide bonds. The molecule has 1 aliphatic heterocycles. The molecule has 1 aliphatic rings. The third-order valence-electron chi connectivity index (χ3n) is 3.94. The first kappa shape index (κ1) is 14.6. The molecule has 3 aromatic carbocycles. The van der Waals surface area contributed by atoms with Crippen LogP contribution in [0.1, 0.15) is 0 Å². The van der Waals surface area contributed by atoms with Crippen LogP contribution in [0.25, 0.3) is 0 Å². The summed E-state index contributed by atoms with van der Waals surface area (Å²) in [5.74, 6) is 0. The minimum absolute atomic E-state index is 0.301. The summed E-state index contributed by atoms with van der Waals surface area (Å²) < 4.78 is 14.2. The zero-order valence-electron chi connectivity index (χ0n) is 12.4. The molecule has 113 valence electrons. The van der Waals surface area contributed by atoms with Gasteiger partial charge in [-0.1, -0.05) is 84.6 Å². The lowest BCUT2D eigenvalue weighted by Gasteiger charge is -2.24. The first-order valence-electron chi connectivity index (χ1n) is 7.46. The molecular weight excluding hydrogens is 321 g/mol. The summed E-state index contributed by atoms with van der Waals surface area (Å²) in [5, 5.41) is 6.20. The molecule has 1 atom stereocenters. The molecule has 4 rings (SSSR count). The second kappa shape index (κ2) is 5.92. The molecule has 23 heavy (non-hydrogen) atoms. The lowest BCUT2D eigenvalue weighted by atomic mass is 10.3. The number of benzene rings is 3. The Morgan fingerprint density at radius 2 is 1.26 bits per heavy atom. The number of para-hydroxylation sites is 1. The molecule has 0 aliphatic carbocycles. The Bertz CT molecular complexity index is 798. The van der Waals surface area contributed by atoms with Crippen molar-refractivity contribution in [2.24, 2.45) is 0 Å². The third kappa shape index (κ3) is 2.50. The van der Waals surface area contributed by atoms with Crippen LogP contribution in [0.2, 0.25) is 0 Å². The van der Waals surface area contributed by atoms with Crippen LogP contribution in [0.3, 0.4) is 0 Å². The highest BCUT2D eigenvalue weighted by Gasteiger charge is 2.42. The van der Waals surface area contributed by atoms with E-state index in [2.05, 4.69) is 0 Å². The van der Waals surface area contributed by atoms with Crippen LogP contribution in [-0.2, 0) is 4.57 Å². The largest absolute Gasteiger partial charge is 0.310 e. The van der Waals surface area contributed by atoms with Gasteiger partial charge in [-0.2, -0.15) is 0 Å². The maximum atomic E-state index is 14.2. The van der Waals surface area contributed by atoms with E-state index in [1.54, 1.807) is 11.8 Å². The molecule has 0 bridgehead atoms. The Morgan fingerprint density at radius 1 is 0.739 bits per heavy atom. The van der Waals surface area contributed by atoms with Crippen LogP contribution in [0.4, 0.5) is 5.69 Å². The molecule has 0 aromatic heterocycles. The van der Waals surface area contributed by atoms with Crippen molar-refractivity contribution in [2.75, 3.05) is 0 Å². The van der Waals surface area contributed by atoms with E-state index in [4.69, 9.17) is 5.32 Å². The quantitative estimate of drug-likeness (QED) is 0.667. The van der Waals surface area contributed by atoms with E-state index in [9.17, 15) is 4.57 Å². The van der Waals surface area contributed by atoms with Crippen LogP contribution in [0.5, 0.6) is 0 Å². The fourth-order valence-corrected chi connectivity index (χ4v) is 7.56. The Morgan fingerprint density at radius 3 is 1.83 bits per heavy atom. The summed E-state index contributed by atoms with van der Waals surface area (Å²) in [6, 6.07) is 27.5. The first-order chi connectivity index (χ1) is 11.3. The van der Waals surface area contributed by atoms with E-state index < -0.39 is 7.14 Å². The number of fused-ring (bicyclic) bond motifs is 1. The van der Waals surface area contributed by atoms with Crippen molar-refractivity contribution in [3.63, 3.8) is 0 Å². The van der Waals surface area contributed by atoms with Crippen LogP contribution in [0, 0.1) is 0 Å². The highest BCUT2D eigenvalue weighted by molar-refractivity contribution is 8.09. The Labute approximate surface area is 140 Å². The summed E-state index contributed by atoms with van der Waals surface area (Å²) in [5.41, 5.74) is 0.939. The Kier molecular flexibility index (Phi) is 3.76.